The average molecular weight is 541 g/mol. The summed E-state index contributed by atoms with van der Waals surface area (Å²) < 4.78 is 7.30. The summed E-state index contributed by atoms with van der Waals surface area (Å²) in [5.74, 6) is 0.724. The number of hydrogen-bond acceptors (Lipinski definition) is 8. The number of carbonyl (C=O) groups is 2. The molecule has 3 aromatic heterocycles. The van der Waals surface area contributed by atoms with Crippen molar-refractivity contribution in [1.29, 1.82) is 0 Å². The first-order valence-corrected chi connectivity index (χ1v) is 14.5. The number of aromatic nitrogens is 3. The maximum absolute atomic E-state index is 12.9. The number of anilines is 1. The van der Waals surface area contributed by atoms with E-state index in [2.05, 4.69) is 40.8 Å². The van der Waals surface area contributed by atoms with Gasteiger partial charge in [-0.1, -0.05) is 55.9 Å². The third kappa shape index (κ3) is 5.71. The summed E-state index contributed by atoms with van der Waals surface area (Å²) in [4.78, 5) is 26.9. The van der Waals surface area contributed by atoms with E-state index in [0.717, 1.165) is 22.5 Å². The topological polar surface area (TPSA) is 86.1 Å². The molecule has 0 aliphatic heterocycles. The predicted molar refractivity (Wildman–Crippen MR) is 148 cm³/mol. The third-order valence-corrected chi connectivity index (χ3v) is 8.52. The first-order valence-electron chi connectivity index (χ1n) is 11.7. The summed E-state index contributed by atoms with van der Waals surface area (Å²) in [6.07, 6.45) is 0. The highest BCUT2D eigenvalue weighted by Crippen LogP contribution is 2.36. The maximum Gasteiger partial charge on any atom is 0.341 e. The fraction of sp³-hybridized carbons (Fsp3) is 0.308. The Morgan fingerprint density at radius 3 is 2.53 bits per heavy atom. The molecule has 7 nitrogen and oxygen atoms in total. The Morgan fingerprint density at radius 1 is 1.08 bits per heavy atom. The van der Waals surface area contributed by atoms with E-state index in [0.29, 0.717) is 28.2 Å². The molecule has 4 rings (SSSR count). The van der Waals surface area contributed by atoms with E-state index in [1.807, 2.05) is 47.2 Å². The zero-order valence-electron chi connectivity index (χ0n) is 20.6. The highest BCUT2D eigenvalue weighted by atomic mass is 32.2. The molecule has 0 bridgehead atoms. The summed E-state index contributed by atoms with van der Waals surface area (Å²) in [5, 5.41) is 16.8. The van der Waals surface area contributed by atoms with Gasteiger partial charge in [-0.3, -0.25) is 4.79 Å². The van der Waals surface area contributed by atoms with Crippen molar-refractivity contribution in [2.24, 2.45) is 0 Å². The summed E-state index contributed by atoms with van der Waals surface area (Å²) in [7, 11) is 0. The Morgan fingerprint density at radius 2 is 1.86 bits per heavy atom. The number of nitrogens with zero attached hydrogens (tertiary/aromatic N) is 3. The van der Waals surface area contributed by atoms with Gasteiger partial charge in [0.2, 0.25) is 5.91 Å². The zero-order valence-corrected chi connectivity index (χ0v) is 23.1. The Bertz CT molecular complexity index is 1340. The van der Waals surface area contributed by atoms with Crippen molar-refractivity contribution in [3.63, 3.8) is 0 Å². The molecule has 0 unspecified atom stereocenters. The molecule has 1 aromatic carbocycles. The van der Waals surface area contributed by atoms with Gasteiger partial charge in [-0.15, -0.1) is 32.9 Å². The van der Waals surface area contributed by atoms with Crippen LogP contribution < -0.4 is 5.32 Å². The monoisotopic (exact) mass is 540 g/mol. The van der Waals surface area contributed by atoms with E-state index in [1.54, 1.807) is 18.3 Å². The number of benzene rings is 1. The first-order chi connectivity index (χ1) is 17.4. The number of carbonyl (C=O) groups excluding carboxylic acids is 2. The number of ether oxygens (including phenoxy) is 1. The minimum Gasteiger partial charge on any atom is -0.462 e. The van der Waals surface area contributed by atoms with Crippen LogP contribution in [0.2, 0.25) is 0 Å². The SMILES string of the molecule is CCOC(=O)c1c(-c2ccccc2)csc1NC(=O)CSc1nnc(-c2csc(C(C)C)c2)n1CC. The van der Waals surface area contributed by atoms with Crippen LogP contribution >= 0.6 is 34.4 Å². The van der Waals surface area contributed by atoms with E-state index in [9.17, 15) is 9.59 Å². The highest BCUT2D eigenvalue weighted by molar-refractivity contribution is 7.99. The molecule has 0 saturated carbocycles. The van der Waals surface area contributed by atoms with Crippen LogP contribution in [0.25, 0.3) is 22.5 Å². The van der Waals surface area contributed by atoms with Crippen molar-refractivity contribution in [1.82, 2.24) is 14.8 Å². The first kappa shape index (κ1) is 26.1. The van der Waals surface area contributed by atoms with Gasteiger partial charge < -0.3 is 14.6 Å². The number of rotatable bonds is 10. The van der Waals surface area contributed by atoms with E-state index in [1.165, 1.54) is 28.0 Å². The molecule has 0 aliphatic rings. The van der Waals surface area contributed by atoms with Crippen LogP contribution in [0.5, 0.6) is 0 Å². The third-order valence-electron chi connectivity index (χ3n) is 5.42. The predicted octanol–water partition coefficient (Wildman–Crippen LogP) is 6.79. The fourth-order valence-electron chi connectivity index (χ4n) is 3.65. The van der Waals surface area contributed by atoms with Gasteiger partial charge >= 0.3 is 5.97 Å². The number of amides is 1. The molecule has 1 N–H and O–H groups in total. The molecule has 3 heterocycles. The molecular formula is C26H28N4O3S3. The minimum atomic E-state index is -0.451. The quantitative estimate of drug-likeness (QED) is 0.176. The number of esters is 1. The van der Waals surface area contributed by atoms with Gasteiger partial charge in [0.1, 0.15) is 10.6 Å². The highest BCUT2D eigenvalue weighted by Gasteiger charge is 2.23. The molecule has 0 saturated heterocycles. The molecule has 36 heavy (non-hydrogen) atoms. The van der Waals surface area contributed by atoms with Crippen LogP contribution in [0.3, 0.4) is 0 Å². The van der Waals surface area contributed by atoms with Crippen LogP contribution in [0, 0.1) is 0 Å². The van der Waals surface area contributed by atoms with E-state index in [4.69, 9.17) is 4.74 Å². The van der Waals surface area contributed by atoms with Crippen molar-refractivity contribution < 1.29 is 14.3 Å². The lowest BCUT2D eigenvalue weighted by Gasteiger charge is -2.09. The van der Waals surface area contributed by atoms with Crippen molar-refractivity contribution in [3.05, 3.63) is 57.6 Å². The number of nitrogens with one attached hydrogen (secondary N) is 1. The van der Waals surface area contributed by atoms with Gasteiger partial charge in [0.25, 0.3) is 0 Å². The molecule has 0 aliphatic carbocycles. The van der Waals surface area contributed by atoms with Crippen LogP contribution in [-0.2, 0) is 16.1 Å². The second kappa shape index (κ2) is 11.9. The Balaban J connectivity index is 1.49. The van der Waals surface area contributed by atoms with Crippen LogP contribution in [0.15, 0.2) is 52.3 Å². The van der Waals surface area contributed by atoms with Crippen molar-refractivity contribution in [2.45, 2.75) is 45.3 Å². The van der Waals surface area contributed by atoms with Gasteiger partial charge in [0.15, 0.2) is 11.0 Å². The van der Waals surface area contributed by atoms with Crippen molar-refractivity contribution in [2.75, 3.05) is 17.7 Å². The van der Waals surface area contributed by atoms with Crippen molar-refractivity contribution >= 4 is 51.3 Å². The van der Waals surface area contributed by atoms with Gasteiger partial charge in [-0.25, -0.2) is 4.79 Å². The van der Waals surface area contributed by atoms with Gasteiger partial charge in [-0.05, 0) is 31.4 Å². The fourth-order valence-corrected chi connectivity index (χ4v) is 6.33. The van der Waals surface area contributed by atoms with Crippen LogP contribution in [0.1, 0.15) is 48.8 Å². The molecular weight excluding hydrogens is 513 g/mol. The summed E-state index contributed by atoms with van der Waals surface area (Å²) in [6.45, 7) is 9.09. The minimum absolute atomic E-state index is 0.139. The number of thioether (sulfide) groups is 1. The van der Waals surface area contributed by atoms with E-state index >= 15 is 0 Å². The summed E-state index contributed by atoms with van der Waals surface area (Å²) >= 11 is 4.36. The molecule has 0 radical (unpaired) electrons. The largest absolute Gasteiger partial charge is 0.462 e. The van der Waals surface area contributed by atoms with Crippen molar-refractivity contribution in [3.8, 4) is 22.5 Å². The lowest BCUT2D eigenvalue weighted by atomic mass is 10.0. The number of thiophene rings is 2. The molecule has 10 heteroatoms. The second-order valence-corrected chi connectivity index (χ2v) is 11.0. The smallest absolute Gasteiger partial charge is 0.341 e. The Labute approximate surface area is 222 Å². The molecule has 4 aromatic rings. The zero-order chi connectivity index (χ0) is 25.7. The lowest BCUT2D eigenvalue weighted by Crippen LogP contribution is -2.16. The maximum atomic E-state index is 12.9. The van der Waals surface area contributed by atoms with Gasteiger partial charge in [0, 0.05) is 33.3 Å². The van der Waals surface area contributed by atoms with Gasteiger partial charge in [0.05, 0.1) is 12.4 Å². The summed E-state index contributed by atoms with van der Waals surface area (Å²) in [6, 6.07) is 11.8. The van der Waals surface area contributed by atoms with E-state index in [-0.39, 0.29) is 18.3 Å². The molecule has 1 amide bonds. The molecule has 188 valence electrons. The lowest BCUT2D eigenvalue weighted by molar-refractivity contribution is -0.113. The van der Waals surface area contributed by atoms with Gasteiger partial charge in [-0.2, -0.15) is 0 Å². The molecule has 0 atom stereocenters. The molecule has 0 spiro atoms. The van der Waals surface area contributed by atoms with Crippen LogP contribution in [0.4, 0.5) is 5.00 Å². The normalized spacial score (nSPS) is 11.1. The second-order valence-electron chi connectivity index (χ2n) is 8.22. The number of hydrogen-bond donors (Lipinski definition) is 1. The van der Waals surface area contributed by atoms with Crippen LogP contribution in [-0.4, -0.2) is 39.0 Å². The Hall–Kier alpha value is -2.95. The van der Waals surface area contributed by atoms with E-state index < -0.39 is 5.97 Å². The Kier molecular flexibility index (Phi) is 8.60. The average Bonchev–Trinajstić information content (AvgIpc) is 3.61. The summed E-state index contributed by atoms with van der Waals surface area (Å²) in [5.41, 5.74) is 3.06. The molecule has 0 fully saturated rings. The standard InChI is InChI=1S/C26H28N4O3S3/c1-5-30-23(18-12-20(16(3)4)34-13-18)28-29-26(30)36-15-21(31)27-24-22(25(32)33-6-2)19(14-35-24)17-10-8-7-9-11-17/h7-14,16H,5-6,15H2,1-4H3,(H,27,31).